The molecule has 1 aliphatic carbocycles. The van der Waals surface area contributed by atoms with Gasteiger partial charge in [0, 0.05) is 42.2 Å². The van der Waals surface area contributed by atoms with Gasteiger partial charge in [-0.15, -0.1) is 0 Å². The number of carboxylic acids is 1. The van der Waals surface area contributed by atoms with Crippen LogP contribution in [0.15, 0.2) is 51.7 Å². The Morgan fingerprint density at radius 1 is 1.12 bits per heavy atom. The van der Waals surface area contributed by atoms with Crippen LogP contribution in [0.1, 0.15) is 71.9 Å². The number of carbonyl (C=O) groups is 3. The van der Waals surface area contributed by atoms with E-state index in [0.717, 1.165) is 12.8 Å². The van der Waals surface area contributed by atoms with Gasteiger partial charge in [-0.25, -0.2) is 4.79 Å². The van der Waals surface area contributed by atoms with Crippen molar-refractivity contribution in [3.8, 4) is 5.75 Å². The van der Waals surface area contributed by atoms with Gasteiger partial charge < -0.3 is 24.9 Å². The molecule has 1 saturated carbocycles. The highest BCUT2D eigenvalue weighted by molar-refractivity contribution is 5.97. The molecule has 0 saturated heterocycles. The van der Waals surface area contributed by atoms with Gasteiger partial charge in [0.05, 0.1) is 17.0 Å². The Balaban J connectivity index is 1.44. The molecule has 1 fully saturated rings. The molecule has 1 atom stereocenters. The molecule has 228 valence electrons. The molecule has 1 aliphatic rings. The highest BCUT2D eigenvalue weighted by Crippen LogP contribution is 2.31. The number of carboxylic acid groups (broad SMARTS) is 1. The van der Waals surface area contributed by atoms with Crippen LogP contribution in [-0.4, -0.2) is 64.9 Å². The number of nitro groups is 1. The third-order valence-corrected chi connectivity index (χ3v) is 7.71. The fourth-order valence-corrected chi connectivity index (χ4v) is 5.44. The molecule has 3 N–H and O–H groups in total. The Bertz CT molecular complexity index is 1590. The SMILES string of the molecule is CCN(CC(=O)O)C1CCC(NC(=O)c2cc3ccc(OC(C)c4ccc(C(=O)NC)cc4[N+](=O)[O-])cc3oc2=O)CC1. The first-order chi connectivity index (χ1) is 20.5. The molecule has 13 heteroatoms. The maximum Gasteiger partial charge on any atom is 0.349 e. The Labute approximate surface area is 247 Å². The zero-order valence-electron chi connectivity index (χ0n) is 24.1. The molecule has 0 aliphatic heterocycles. The van der Waals surface area contributed by atoms with Crippen molar-refractivity contribution in [1.29, 1.82) is 0 Å². The first kappa shape index (κ1) is 31.2. The molecule has 1 unspecified atom stereocenters. The quantitative estimate of drug-likeness (QED) is 0.168. The number of fused-ring (bicyclic) bond motifs is 1. The second-order valence-electron chi connectivity index (χ2n) is 10.5. The molecule has 2 aromatic carbocycles. The maximum absolute atomic E-state index is 13.0. The zero-order chi connectivity index (χ0) is 31.3. The van der Waals surface area contributed by atoms with Crippen molar-refractivity contribution in [3.63, 3.8) is 0 Å². The maximum atomic E-state index is 13.0. The standard InChI is InChI=1S/C30H34N4O9/c1-4-33(16-27(35)36)21-9-7-20(8-10-21)32-29(38)24-13-18-5-11-22(15-26(18)43-30(24)39)42-17(2)23-12-6-19(28(37)31-3)14-25(23)34(40)41/h5-6,11-15,17,20-21H,4,7-10,16H2,1-3H3,(H,31,37)(H,32,38)(H,35,36). The minimum Gasteiger partial charge on any atom is -0.486 e. The summed E-state index contributed by atoms with van der Waals surface area (Å²) in [5.74, 6) is -1.58. The molecule has 0 bridgehead atoms. The minimum atomic E-state index is -0.869. The molecule has 3 aromatic rings. The van der Waals surface area contributed by atoms with E-state index in [1.54, 1.807) is 19.1 Å². The molecular weight excluding hydrogens is 560 g/mol. The van der Waals surface area contributed by atoms with Crippen LogP contribution in [0.25, 0.3) is 11.0 Å². The first-order valence-electron chi connectivity index (χ1n) is 14.0. The van der Waals surface area contributed by atoms with Crippen LogP contribution >= 0.6 is 0 Å². The summed E-state index contributed by atoms with van der Waals surface area (Å²) in [6.07, 6.45) is 2.02. The van der Waals surface area contributed by atoms with Crippen molar-refractivity contribution in [2.24, 2.45) is 0 Å². The Hall–Kier alpha value is -4.78. The number of amides is 2. The summed E-state index contributed by atoms with van der Waals surface area (Å²) in [5.41, 5.74) is -0.650. The number of aliphatic carboxylic acids is 1. The van der Waals surface area contributed by atoms with E-state index in [-0.39, 0.29) is 52.3 Å². The number of benzene rings is 2. The fourth-order valence-electron chi connectivity index (χ4n) is 5.44. The monoisotopic (exact) mass is 594 g/mol. The Kier molecular flexibility index (Phi) is 9.76. The van der Waals surface area contributed by atoms with Crippen LogP contribution in [0.4, 0.5) is 5.69 Å². The van der Waals surface area contributed by atoms with Crippen LogP contribution in [0.5, 0.6) is 5.75 Å². The minimum absolute atomic E-state index is 0.0197. The first-order valence-corrected chi connectivity index (χ1v) is 14.0. The number of hydrogen-bond donors (Lipinski definition) is 3. The highest BCUT2D eigenvalue weighted by atomic mass is 16.6. The van der Waals surface area contributed by atoms with Crippen molar-refractivity contribution in [3.05, 3.63) is 79.7 Å². The lowest BCUT2D eigenvalue weighted by Gasteiger charge is -2.35. The molecular formula is C30H34N4O9. The predicted octanol–water partition coefficient (Wildman–Crippen LogP) is 3.65. The second-order valence-corrected chi connectivity index (χ2v) is 10.5. The fraction of sp³-hybridized carbons (Fsp3) is 0.400. The number of hydrogen-bond acceptors (Lipinski definition) is 9. The number of carbonyl (C=O) groups excluding carboxylic acids is 2. The van der Waals surface area contributed by atoms with Crippen molar-refractivity contribution in [1.82, 2.24) is 15.5 Å². The van der Waals surface area contributed by atoms with Crippen LogP contribution in [0.3, 0.4) is 0 Å². The average molecular weight is 595 g/mol. The van der Waals surface area contributed by atoms with E-state index in [1.807, 2.05) is 11.8 Å². The molecule has 43 heavy (non-hydrogen) atoms. The van der Waals surface area contributed by atoms with E-state index >= 15 is 0 Å². The predicted molar refractivity (Wildman–Crippen MR) is 156 cm³/mol. The number of nitrogens with one attached hydrogen (secondary N) is 2. The smallest absolute Gasteiger partial charge is 0.349 e. The third-order valence-electron chi connectivity index (χ3n) is 7.71. The van der Waals surface area contributed by atoms with Crippen LogP contribution in [0, 0.1) is 10.1 Å². The molecule has 2 amide bonds. The number of rotatable bonds is 11. The summed E-state index contributed by atoms with van der Waals surface area (Å²) < 4.78 is 11.4. The van der Waals surface area contributed by atoms with Gasteiger partial charge in [0.25, 0.3) is 17.5 Å². The lowest BCUT2D eigenvalue weighted by Crippen LogP contribution is -2.45. The lowest BCUT2D eigenvalue weighted by atomic mass is 9.90. The van der Waals surface area contributed by atoms with E-state index in [4.69, 9.17) is 14.3 Å². The van der Waals surface area contributed by atoms with Crippen LogP contribution < -0.4 is 21.0 Å². The van der Waals surface area contributed by atoms with E-state index in [0.29, 0.717) is 24.8 Å². The van der Waals surface area contributed by atoms with Gasteiger partial charge in [-0.3, -0.25) is 29.4 Å². The van der Waals surface area contributed by atoms with E-state index < -0.39 is 34.4 Å². The Morgan fingerprint density at radius 3 is 2.47 bits per heavy atom. The number of nitrogens with zero attached hydrogens (tertiary/aromatic N) is 2. The number of nitro benzene ring substituents is 1. The number of likely N-dealkylation sites (N-methyl/N-ethyl adjacent to an activating group) is 1. The van der Waals surface area contributed by atoms with Gasteiger partial charge in [0.15, 0.2) is 0 Å². The van der Waals surface area contributed by atoms with Crippen molar-refractivity contribution < 1.29 is 33.6 Å². The summed E-state index contributed by atoms with van der Waals surface area (Å²) >= 11 is 0. The third kappa shape index (κ3) is 7.36. The van der Waals surface area contributed by atoms with Crippen molar-refractivity contribution in [2.45, 2.75) is 57.7 Å². The van der Waals surface area contributed by atoms with Crippen molar-refractivity contribution >= 4 is 34.4 Å². The van der Waals surface area contributed by atoms with Crippen LogP contribution in [-0.2, 0) is 4.79 Å². The number of ether oxygens (including phenoxy) is 1. The van der Waals surface area contributed by atoms with E-state index in [9.17, 15) is 29.3 Å². The normalized spacial score (nSPS) is 17.3. The van der Waals surface area contributed by atoms with Gasteiger partial charge >= 0.3 is 11.6 Å². The van der Waals surface area contributed by atoms with Crippen molar-refractivity contribution in [2.75, 3.05) is 20.1 Å². The van der Waals surface area contributed by atoms with Gasteiger partial charge in [0.2, 0.25) is 0 Å². The topological polar surface area (TPSA) is 181 Å². The van der Waals surface area contributed by atoms with Gasteiger partial charge in [-0.1, -0.05) is 6.92 Å². The molecule has 1 aromatic heterocycles. The molecule has 0 spiro atoms. The molecule has 1 heterocycles. The average Bonchev–Trinajstić information content (AvgIpc) is 2.98. The summed E-state index contributed by atoms with van der Waals surface area (Å²) in [6, 6.07) is 10.2. The summed E-state index contributed by atoms with van der Waals surface area (Å²) in [7, 11) is 1.43. The summed E-state index contributed by atoms with van der Waals surface area (Å²) in [4.78, 5) is 61.8. The molecule has 4 rings (SSSR count). The lowest BCUT2D eigenvalue weighted by molar-refractivity contribution is -0.386. The van der Waals surface area contributed by atoms with E-state index in [2.05, 4.69) is 10.6 Å². The molecule has 13 nitrogen and oxygen atoms in total. The van der Waals surface area contributed by atoms with Gasteiger partial charge in [-0.2, -0.15) is 0 Å². The van der Waals surface area contributed by atoms with Gasteiger partial charge in [-0.05, 0) is 69.5 Å². The Morgan fingerprint density at radius 2 is 1.84 bits per heavy atom. The second kappa shape index (κ2) is 13.5. The highest BCUT2D eigenvalue weighted by Gasteiger charge is 2.28. The summed E-state index contributed by atoms with van der Waals surface area (Å²) in [6.45, 7) is 4.15. The molecule has 0 radical (unpaired) electrons. The van der Waals surface area contributed by atoms with Crippen LogP contribution in [0.2, 0.25) is 0 Å². The van der Waals surface area contributed by atoms with Gasteiger partial charge in [0.1, 0.15) is 23.0 Å². The zero-order valence-corrected chi connectivity index (χ0v) is 24.1. The van der Waals surface area contributed by atoms with E-state index in [1.165, 1.54) is 37.4 Å². The largest absolute Gasteiger partial charge is 0.486 e. The summed E-state index contributed by atoms with van der Waals surface area (Å²) in [5, 5.41) is 26.6.